The first kappa shape index (κ1) is 14.4. The van der Waals surface area contributed by atoms with Crippen LogP contribution < -0.4 is 11.1 Å². The summed E-state index contributed by atoms with van der Waals surface area (Å²) in [6, 6.07) is 5.50. The van der Waals surface area contributed by atoms with E-state index in [9.17, 15) is 4.79 Å². The van der Waals surface area contributed by atoms with E-state index in [-0.39, 0.29) is 5.91 Å². The van der Waals surface area contributed by atoms with Crippen molar-refractivity contribution >= 4 is 23.2 Å². The maximum atomic E-state index is 12.4. The molecule has 0 radical (unpaired) electrons. The van der Waals surface area contributed by atoms with Gasteiger partial charge in [0.05, 0.1) is 5.54 Å². The van der Waals surface area contributed by atoms with Gasteiger partial charge in [-0.15, -0.1) is 0 Å². The van der Waals surface area contributed by atoms with Gasteiger partial charge in [0.2, 0.25) is 5.91 Å². The Hall–Kier alpha value is -1.06. The predicted octanol–water partition coefficient (Wildman–Crippen LogP) is 3.49. The summed E-state index contributed by atoms with van der Waals surface area (Å²) < 4.78 is 0. The Morgan fingerprint density at radius 1 is 1.53 bits per heavy atom. The molecule has 1 aromatic rings. The van der Waals surface area contributed by atoms with E-state index < -0.39 is 5.54 Å². The third-order valence-electron chi connectivity index (χ3n) is 4.00. The topological polar surface area (TPSA) is 55.1 Å². The highest BCUT2D eigenvalue weighted by Gasteiger charge is 2.38. The van der Waals surface area contributed by atoms with E-state index in [0.29, 0.717) is 10.9 Å². The SMILES string of the molecule is Cc1c(Cl)cccc1NC(=O)C1(N)CCCC(C)C1. The van der Waals surface area contributed by atoms with E-state index in [4.69, 9.17) is 17.3 Å². The van der Waals surface area contributed by atoms with Crippen LogP contribution in [0.1, 0.15) is 38.2 Å². The summed E-state index contributed by atoms with van der Waals surface area (Å²) in [6.45, 7) is 4.04. The highest BCUT2D eigenvalue weighted by molar-refractivity contribution is 6.31. The van der Waals surface area contributed by atoms with Crippen molar-refractivity contribution in [3.63, 3.8) is 0 Å². The molecule has 0 spiro atoms. The third kappa shape index (κ3) is 3.10. The Bertz CT molecular complexity index is 489. The summed E-state index contributed by atoms with van der Waals surface area (Å²) in [7, 11) is 0. The zero-order valence-electron chi connectivity index (χ0n) is 11.5. The number of rotatable bonds is 2. The van der Waals surface area contributed by atoms with E-state index in [1.165, 1.54) is 0 Å². The average Bonchev–Trinajstić information content (AvgIpc) is 2.34. The Kier molecular flexibility index (Phi) is 4.16. The molecule has 1 amide bonds. The summed E-state index contributed by atoms with van der Waals surface area (Å²) in [6.07, 6.45) is 3.67. The van der Waals surface area contributed by atoms with Crippen LogP contribution in [0.15, 0.2) is 18.2 Å². The highest BCUT2D eigenvalue weighted by Crippen LogP contribution is 2.32. The molecular formula is C15H21ClN2O. The first-order valence-corrected chi connectivity index (χ1v) is 7.15. The number of hydrogen-bond acceptors (Lipinski definition) is 2. The molecule has 0 aromatic heterocycles. The molecule has 2 atom stereocenters. The Balaban J connectivity index is 2.14. The van der Waals surface area contributed by atoms with Crippen LogP contribution in [0.2, 0.25) is 5.02 Å². The van der Waals surface area contributed by atoms with Crippen LogP contribution in [-0.4, -0.2) is 11.4 Å². The molecule has 104 valence electrons. The number of benzene rings is 1. The van der Waals surface area contributed by atoms with Gasteiger partial charge in [-0.2, -0.15) is 0 Å². The van der Waals surface area contributed by atoms with Gasteiger partial charge in [0.15, 0.2) is 0 Å². The largest absolute Gasteiger partial charge is 0.324 e. The summed E-state index contributed by atoms with van der Waals surface area (Å²) in [5.41, 5.74) is 7.17. The van der Waals surface area contributed by atoms with Crippen molar-refractivity contribution in [1.82, 2.24) is 0 Å². The van der Waals surface area contributed by atoms with Crippen LogP contribution in [0.5, 0.6) is 0 Å². The standard InChI is InChI=1S/C15H21ClN2O/c1-10-5-4-8-15(17,9-10)14(19)18-13-7-3-6-12(16)11(13)2/h3,6-7,10H,4-5,8-9,17H2,1-2H3,(H,18,19). The molecule has 2 unspecified atom stereocenters. The monoisotopic (exact) mass is 280 g/mol. The minimum absolute atomic E-state index is 0.0931. The maximum absolute atomic E-state index is 12.4. The molecule has 0 bridgehead atoms. The molecule has 1 aliphatic rings. The Morgan fingerprint density at radius 3 is 2.95 bits per heavy atom. The number of carbonyl (C=O) groups excluding carboxylic acids is 1. The normalized spacial score (nSPS) is 27.1. The smallest absolute Gasteiger partial charge is 0.244 e. The van der Waals surface area contributed by atoms with Gasteiger partial charge < -0.3 is 11.1 Å². The van der Waals surface area contributed by atoms with Crippen LogP contribution in [0.3, 0.4) is 0 Å². The lowest BCUT2D eigenvalue weighted by Crippen LogP contribution is -2.53. The van der Waals surface area contributed by atoms with E-state index in [1.807, 2.05) is 25.1 Å². The molecule has 1 aliphatic carbocycles. The Morgan fingerprint density at radius 2 is 2.26 bits per heavy atom. The molecule has 0 heterocycles. The average molecular weight is 281 g/mol. The molecule has 19 heavy (non-hydrogen) atoms. The lowest BCUT2D eigenvalue weighted by molar-refractivity contribution is -0.122. The molecule has 4 heteroatoms. The molecule has 2 rings (SSSR count). The second kappa shape index (κ2) is 5.51. The molecule has 1 fully saturated rings. The lowest BCUT2D eigenvalue weighted by atomic mass is 9.76. The van der Waals surface area contributed by atoms with Gasteiger partial charge >= 0.3 is 0 Å². The highest BCUT2D eigenvalue weighted by atomic mass is 35.5. The fourth-order valence-electron chi connectivity index (χ4n) is 2.79. The van der Waals surface area contributed by atoms with Gasteiger partial charge in [0, 0.05) is 10.7 Å². The summed E-state index contributed by atoms with van der Waals surface area (Å²) in [5, 5.41) is 3.59. The minimum atomic E-state index is -0.744. The van der Waals surface area contributed by atoms with Crippen molar-refractivity contribution in [1.29, 1.82) is 0 Å². The van der Waals surface area contributed by atoms with Crippen molar-refractivity contribution in [2.24, 2.45) is 11.7 Å². The summed E-state index contributed by atoms with van der Waals surface area (Å²) in [4.78, 5) is 12.4. The van der Waals surface area contributed by atoms with Crippen LogP contribution in [0.4, 0.5) is 5.69 Å². The van der Waals surface area contributed by atoms with Gasteiger partial charge in [-0.1, -0.05) is 37.4 Å². The number of nitrogens with two attached hydrogens (primary N) is 1. The number of carbonyl (C=O) groups is 1. The van der Waals surface area contributed by atoms with Crippen LogP contribution in [0.25, 0.3) is 0 Å². The van der Waals surface area contributed by atoms with Crippen molar-refractivity contribution in [2.45, 2.75) is 45.1 Å². The second-order valence-corrected chi connectivity index (χ2v) is 6.13. The van der Waals surface area contributed by atoms with E-state index in [1.54, 1.807) is 0 Å². The first-order valence-electron chi connectivity index (χ1n) is 6.78. The molecule has 1 aromatic carbocycles. The quantitative estimate of drug-likeness (QED) is 0.871. The molecule has 3 nitrogen and oxygen atoms in total. The van der Waals surface area contributed by atoms with E-state index in [2.05, 4.69) is 12.2 Å². The summed E-state index contributed by atoms with van der Waals surface area (Å²) >= 11 is 6.06. The van der Waals surface area contributed by atoms with Gasteiger partial charge in [-0.05, 0) is 43.4 Å². The fourth-order valence-corrected chi connectivity index (χ4v) is 2.96. The Labute approximate surface area is 119 Å². The summed E-state index contributed by atoms with van der Waals surface area (Å²) in [5.74, 6) is 0.411. The maximum Gasteiger partial charge on any atom is 0.244 e. The van der Waals surface area contributed by atoms with Gasteiger partial charge in [-0.25, -0.2) is 0 Å². The van der Waals surface area contributed by atoms with Gasteiger partial charge in [0.25, 0.3) is 0 Å². The predicted molar refractivity (Wildman–Crippen MR) is 79.4 cm³/mol. The van der Waals surface area contributed by atoms with Crippen molar-refractivity contribution in [2.75, 3.05) is 5.32 Å². The van der Waals surface area contributed by atoms with E-state index in [0.717, 1.165) is 36.9 Å². The second-order valence-electron chi connectivity index (χ2n) is 5.72. The van der Waals surface area contributed by atoms with Crippen molar-refractivity contribution in [3.8, 4) is 0 Å². The van der Waals surface area contributed by atoms with Gasteiger partial charge in [0.1, 0.15) is 0 Å². The number of amides is 1. The molecule has 0 saturated heterocycles. The van der Waals surface area contributed by atoms with Crippen LogP contribution in [0, 0.1) is 12.8 Å². The van der Waals surface area contributed by atoms with E-state index >= 15 is 0 Å². The molecule has 1 saturated carbocycles. The molecular weight excluding hydrogens is 260 g/mol. The van der Waals surface area contributed by atoms with Crippen LogP contribution in [-0.2, 0) is 4.79 Å². The minimum Gasteiger partial charge on any atom is -0.324 e. The number of halogens is 1. The number of anilines is 1. The van der Waals surface area contributed by atoms with Crippen molar-refractivity contribution < 1.29 is 4.79 Å². The zero-order chi connectivity index (χ0) is 14.0. The zero-order valence-corrected chi connectivity index (χ0v) is 12.3. The fraction of sp³-hybridized carbons (Fsp3) is 0.533. The van der Waals surface area contributed by atoms with Gasteiger partial charge in [-0.3, -0.25) is 4.79 Å². The number of nitrogens with one attached hydrogen (secondary N) is 1. The first-order chi connectivity index (χ1) is 8.92. The number of hydrogen-bond donors (Lipinski definition) is 2. The lowest BCUT2D eigenvalue weighted by Gasteiger charge is -2.35. The third-order valence-corrected chi connectivity index (χ3v) is 4.41. The van der Waals surface area contributed by atoms with Crippen LogP contribution >= 0.6 is 11.6 Å². The molecule has 0 aliphatic heterocycles. The van der Waals surface area contributed by atoms with Crippen molar-refractivity contribution in [3.05, 3.63) is 28.8 Å². The molecule has 3 N–H and O–H groups in total.